The molecule has 2 amide bonds. The molecule has 0 saturated carbocycles. The minimum Gasteiger partial charge on any atom is -0.744 e. The summed E-state index contributed by atoms with van der Waals surface area (Å²) < 4.78 is 38.1. The fourth-order valence-electron chi connectivity index (χ4n) is 8.33. The third-order valence-electron chi connectivity index (χ3n) is 11.5. The van der Waals surface area contributed by atoms with Crippen molar-refractivity contribution in [3.05, 3.63) is 89.2 Å². The van der Waals surface area contributed by atoms with Gasteiger partial charge in [0.15, 0.2) is 5.71 Å². The number of aryl methyl sites for hydroxylation is 1. The van der Waals surface area contributed by atoms with E-state index < -0.39 is 15.5 Å². The van der Waals surface area contributed by atoms with Gasteiger partial charge in [0, 0.05) is 79.2 Å². The fourth-order valence-corrected chi connectivity index (χ4v) is 8.83. The van der Waals surface area contributed by atoms with Crippen LogP contribution in [0.3, 0.4) is 0 Å². The van der Waals surface area contributed by atoms with Crippen molar-refractivity contribution in [3.8, 4) is 0 Å². The average Bonchev–Trinajstić information content (AvgIpc) is 3.59. The van der Waals surface area contributed by atoms with Gasteiger partial charge in [-0.1, -0.05) is 63.6 Å². The smallest absolute Gasteiger partial charge is 0.744 e. The molecule has 3 aliphatic heterocycles. The first-order chi connectivity index (χ1) is 25.4. The van der Waals surface area contributed by atoms with Crippen molar-refractivity contribution in [1.82, 2.24) is 4.90 Å². The zero-order chi connectivity index (χ0) is 39.6. The molecule has 1 atom stereocenters. The topological polar surface area (TPSA) is 118 Å². The molecule has 2 aromatic rings. The maximum absolute atomic E-state index is 12.7. The zero-order valence-corrected chi connectivity index (χ0v) is 38.2. The average molecular weight is 795 g/mol. The molecular formula is C44H57KN3O6S+. The molecule has 0 spiro atoms. The number of anilines is 1. The standard InChI is InChI=1S/C44H57N3O6S.K/c1-9-45-37-23-21-31(4)27-35(37)43(5,6)39(45)19-13-10-14-20-40-44(7,8)36-28-33(54(51,52)53)22-24-38(36)46(40)25-15-11-12-17-32(48)18-16-26-47-41(49)29-34(30(2)3)42(47)50;/h10,13-14,19-24,27-28,30,34H,9,11-12,15-18,25-26,29H2,1-8H3;/q;+1. The Hall–Kier alpha value is -2.51. The van der Waals surface area contributed by atoms with Crippen LogP contribution in [-0.4, -0.2) is 65.4 Å². The van der Waals surface area contributed by atoms with Crippen molar-refractivity contribution in [3.63, 3.8) is 0 Å². The van der Waals surface area contributed by atoms with E-state index >= 15 is 0 Å². The van der Waals surface area contributed by atoms with Crippen LogP contribution in [0.4, 0.5) is 11.4 Å². The molecular weight excluding hydrogens is 738 g/mol. The summed E-state index contributed by atoms with van der Waals surface area (Å²) in [4.78, 5) is 41.0. The SMILES string of the molecule is CCN1C(=CC=CC=CC2=[N+](CCCCCC(=O)CCCN3C(=O)CC(C(C)C)C3=O)c3ccc(S(=O)(=O)[O-])cc3C2(C)C)C(C)(C)c2cc(C)ccc21.[K+]. The van der Waals surface area contributed by atoms with Gasteiger partial charge in [0.25, 0.3) is 0 Å². The van der Waals surface area contributed by atoms with E-state index in [-0.39, 0.29) is 97.5 Å². The van der Waals surface area contributed by atoms with E-state index in [1.807, 2.05) is 39.8 Å². The maximum atomic E-state index is 12.7. The Bertz CT molecular complexity index is 2040. The van der Waals surface area contributed by atoms with E-state index in [1.165, 1.54) is 39.5 Å². The van der Waals surface area contributed by atoms with Crippen LogP contribution in [-0.2, 0) is 35.3 Å². The number of carbonyl (C=O) groups is 3. The summed E-state index contributed by atoms with van der Waals surface area (Å²) in [7, 11) is -4.62. The van der Waals surface area contributed by atoms with E-state index in [9.17, 15) is 27.4 Å². The first-order valence-corrected chi connectivity index (χ1v) is 20.9. The summed E-state index contributed by atoms with van der Waals surface area (Å²) in [5.74, 6) is -0.254. The molecule has 2 aromatic carbocycles. The summed E-state index contributed by atoms with van der Waals surface area (Å²) >= 11 is 0. The van der Waals surface area contributed by atoms with Crippen LogP contribution in [0.5, 0.6) is 0 Å². The first-order valence-electron chi connectivity index (χ1n) is 19.4. The van der Waals surface area contributed by atoms with Gasteiger partial charge in [-0.2, -0.15) is 4.58 Å². The Kier molecular flexibility index (Phi) is 15.1. The van der Waals surface area contributed by atoms with Crippen LogP contribution >= 0.6 is 0 Å². The van der Waals surface area contributed by atoms with Crippen molar-refractivity contribution >= 4 is 44.8 Å². The van der Waals surface area contributed by atoms with Gasteiger partial charge in [-0.15, -0.1) is 0 Å². The summed E-state index contributed by atoms with van der Waals surface area (Å²) in [5.41, 5.74) is 7.01. The number of ketones is 1. The molecule has 1 fully saturated rings. The van der Waals surface area contributed by atoms with Gasteiger partial charge >= 0.3 is 51.4 Å². The number of amides is 2. The molecule has 9 nitrogen and oxygen atoms in total. The second kappa shape index (κ2) is 18.4. The molecule has 0 aliphatic carbocycles. The number of allylic oxidation sites excluding steroid dienone is 6. The second-order valence-electron chi connectivity index (χ2n) is 16.4. The molecule has 5 rings (SSSR count). The van der Waals surface area contributed by atoms with Crippen molar-refractivity contribution in [1.29, 1.82) is 0 Å². The van der Waals surface area contributed by atoms with Gasteiger partial charge in [0.2, 0.25) is 17.5 Å². The maximum Gasteiger partial charge on any atom is 1.00 e. The normalized spacial score (nSPS) is 19.7. The largest absolute Gasteiger partial charge is 1.00 e. The quantitative estimate of drug-likeness (QED) is 0.0585. The Balaban J connectivity index is 0.00000673. The summed E-state index contributed by atoms with van der Waals surface area (Å²) in [6, 6.07) is 11.3. The number of imide groups is 1. The van der Waals surface area contributed by atoms with E-state index in [1.54, 1.807) is 6.07 Å². The monoisotopic (exact) mass is 794 g/mol. The number of Topliss-reactive ketones (excluding diaryl/α,β-unsaturated/α-hetero) is 1. The molecule has 11 heteroatoms. The third kappa shape index (κ3) is 9.79. The summed E-state index contributed by atoms with van der Waals surface area (Å²) in [6.07, 6.45) is 14.2. The fraction of sp³-hybridized carbons (Fsp3) is 0.500. The number of unbranched alkanes of at least 4 members (excludes halogenated alkanes) is 2. The molecule has 1 unspecified atom stereocenters. The van der Waals surface area contributed by atoms with Gasteiger partial charge < -0.3 is 9.45 Å². The van der Waals surface area contributed by atoms with Gasteiger partial charge in [-0.3, -0.25) is 19.3 Å². The Labute approximate surface area is 371 Å². The van der Waals surface area contributed by atoms with Crippen molar-refractivity contribution in [2.75, 3.05) is 24.5 Å². The molecule has 0 bridgehead atoms. The Morgan fingerprint density at radius 2 is 1.64 bits per heavy atom. The van der Waals surface area contributed by atoms with E-state index in [0.717, 1.165) is 42.8 Å². The van der Waals surface area contributed by atoms with Gasteiger partial charge in [0.05, 0.1) is 10.3 Å². The van der Waals surface area contributed by atoms with Crippen LogP contribution in [0.2, 0.25) is 0 Å². The summed E-state index contributed by atoms with van der Waals surface area (Å²) in [5, 5.41) is 0. The number of hydrogen-bond donors (Lipinski definition) is 0. The molecule has 0 aromatic heterocycles. The van der Waals surface area contributed by atoms with Crippen molar-refractivity contribution < 1.29 is 83.3 Å². The molecule has 0 radical (unpaired) electrons. The number of benzene rings is 2. The predicted molar refractivity (Wildman–Crippen MR) is 213 cm³/mol. The van der Waals surface area contributed by atoms with E-state index in [0.29, 0.717) is 32.4 Å². The first kappa shape index (κ1) is 45.2. The number of rotatable bonds is 16. The van der Waals surface area contributed by atoms with E-state index in [4.69, 9.17) is 0 Å². The molecule has 290 valence electrons. The number of carbonyl (C=O) groups excluding carboxylic acids is 3. The Morgan fingerprint density at radius 1 is 0.927 bits per heavy atom. The van der Waals surface area contributed by atoms with Crippen LogP contribution in [0.25, 0.3) is 0 Å². The number of nitrogens with zero attached hydrogens (tertiary/aromatic N) is 3. The number of likely N-dealkylation sites (tertiary alicyclic amines) is 1. The van der Waals surface area contributed by atoms with Crippen LogP contribution in [0, 0.1) is 18.8 Å². The minimum atomic E-state index is -4.62. The third-order valence-corrected chi connectivity index (χ3v) is 12.3. The van der Waals surface area contributed by atoms with Crippen molar-refractivity contribution in [2.24, 2.45) is 11.8 Å². The van der Waals surface area contributed by atoms with E-state index in [2.05, 4.69) is 73.6 Å². The number of hydrogen-bond acceptors (Lipinski definition) is 7. The predicted octanol–water partition coefficient (Wildman–Crippen LogP) is 5.03. The van der Waals surface area contributed by atoms with Gasteiger partial charge in [0.1, 0.15) is 22.4 Å². The van der Waals surface area contributed by atoms with Crippen LogP contribution in [0.15, 0.2) is 77.4 Å². The molecule has 0 N–H and O–H groups in total. The molecule has 1 saturated heterocycles. The van der Waals surface area contributed by atoms with Crippen LogP contribution in [0.1, 0.15) is 110 Å². The number of likely N-dealkylation sites (N-methyl/N-ethyl adjacent to an activating group) is 1. The van der Waals surface area contributed by atoms with Crippen LogP contribution < -0.4 is 56.3 Å². The van der Waals surface area contributed by atoms with Crippen molar-refractivity contribution in [2.45, 2.75) is 116 Å². The summed E-state index contributed by atoms with van der Waals surface area (Å²) in [6.45, 7) is 18.6. The van der Waals surface area contributed by atoms with Gasteiger partial charge in [-0.25, -0.2) is 8.42 Å². The second-order valence-corrected chi connectivity index (χ2v) is 17.8. The Morgan fingerprint density at radius 3 is 2.29 bits per heavy atom. The molecule has 3 heterocycles. The van der Waals surface area contributed by atoms with Gasteiger partial charge in [-0.05, 0) is 82.7 Å². The number of fused-ring (bicyclic) bond motifs is 2. The zero-order valence-electron chi connectivity index (χ0n) is 34.3. The molecule has 3 aliphatic rings. The minimum absolute atomic E-state index is 0. The molecule has 55 heavy (non-hydrogen) atoms.